The van der Waals surface area contributed by atoms with E-state index in [1.165, 1.54) is 36.4 Å². The maximum absolute atomic E-state index is 13.2. The number of thioether (sulfide) groups is 1. The van der Waals surface area contributed by atoms with Gasteiger partial charge in [0.2, 0.25) is 5.91 Å². The minimum Gasteiger partial charge on any atom is -0.325 e. The number of halogens is 3. The number of nitro benzene ring substituents is 1. The zero-order valence-corrected chi connectivity index (χ0v) is 19.2. The number of hydrogen-bond acceptors (Lipinski definition) is 5. The third-order valence-corrected chi connectivity index (χ3v) is 6.20. The van der Waals surface area contributed by atoms with Crippen LogP contribution in [0.5, 0.6) is 0 Å². The van der Waals surface area contributed by atoms with Crippen LogP contribution in [0.4, 0.5) is 30.2 Å². The number of nitro groups is 1. The number of non-ortho nitro benzene ring substituents is 1. The van der Waals surface area contributed by atoms with Gasteiger partial charge in [0.25, 0.3) is 11.6 Å². The van der Waals surface area contributed by atoms with E-state index in [-0.39, 0.29) is 16.9 Å². The van der Waals surface area contributed by atoms with Crippen molar-refractivity contribution in [1.82, 2.24) is 0 Å². The van der Waals surface area contributed by atoms with E-state index >= 15 is 0 Å². The number of benzene rings is 3. The zero-order valence-electron chi connectivity index (χ0n) is 18.3. The lowest BCUT2D eigenvalue weighted by Crippen LogP contribution is -2.26. The van der Waals surface area contributed by atoms with Crippen LogP contribution >= 0.6 is 11.8 Å². The van der Waals surface area contributed by atoms with Gasteiger partial charge in [-0.05, 0) is 42.8 Å². The summed E-state index contributed by atoms with van der Waals surface area (Å²) >= 11 is 1.14. The Morgan fingerprint density at radius 3 is 2.40 bits per heavy atom. The number of rotatable bonds is 8. The summed E-state index contributed by atoms with van der Waals surface area (Å²) in [4.78, 5) is 36.2. The first kappa shape index (κ1) is 25.8. The molecular formula is C24H20F3N3O4S. The van der Waals surface area contributed by atoms with Crippen molar-refractivity contribution >= 4 is 40.6 Å². The number of nitrogens with zero attached hydrogens (tertiary/aromatic N) is 1. The van der Waals surface area contributed by atoms with E-state index in [4.69, 9.17) is 0 Å². The van der Waals surface area contributed by atoms with Gasteiger partial charge in [-0.25, -0.2) is 0 Å². The van der Waals surface area contributed by atoms with Crippen molar-refractivity contribution in [2.45, 2.75) is 29.7 Å². The van der Waals surface area contributed by atoms with Gasteiger partial charge in [0.05, 0.1) is 21.4 Å². The number of alkyl halides is 3. The van der Waals surface area contributed by atoms with E-state index < -0.39 is 33.7 Å². The highest BCUT2D eigenvalue weighted by Crippen LogP contribution is 2.35. The molecule has 1 unspecified atom stereocenters. The Bertz CT molecular complexity index is 1250. The topological polar surface area (TPSA) is 101 Å². The summed E-state index contributed by atoms with van der Waals surface area (Å²) in [7, 11) is 0. The molecule has 0 saturated heterocycles. The van der Waals surface area contributed by atoms with Gasteiger partial charge in [0.1, 0.15) is 0 Å². The summed E-state index contributed by atoms with van der Waals surface area (Å²) in [6.45, 7) is 1.74. The standard InChI is InChI=1S/C24H20F3N3O4S/c1-2-21(23(32)29-20-12-4-3-11-19(20)24(25,26)27)35-18-10-6-8-16(14-18)28-22(31)15-7-5-9-17(13-15)30(33)34/h3-14,21H,2H2,1H3,(H,28,31)(H,29,32). The molecule has 0 fully saturated rings. The van der Waals surface area contributed by atoms with Crippen molar-refractivity contribution in [3.05, 3.63) is 94.0 Å². The summed E-state index contributed by atoms with van der Waals surface area (Å²) in [6.07, 6.45) is -4.26. The molecular weight excluding hydrogens is 483 g/mol. The van der Waals surface area contributed by atoms with Crippen molar-refractivity contribution in [3.8, 4) is 0 Å². The molecule has 2 amide bonds. The van der Waals surface area contributed by atoms with Gasteiger partial charge in [0, 0.05) is 28.3 Å². The second-order valence-electron chi connectivity index (χ2n) is 7.34. The normalized spacial score (nSPS) is 12.0. The number of nitrogens with one attached hydrogen (secondary N) is 2. The number of para-hydroxylation sites is 1. The van der Waals surface area contributed by atoms with Gasteiger partial charge in [-0.15, -0.1) is 11.8 Å². The molecule has 0 spiro atoms. The summed E-state index contributed by atoms with van der Waals surface area (Å²) in [5, 5.41) is 15.3. The Balaban J connectivity index is 1.71. The smallest absolute Gasteiger partial charge is 0.325 e. The first-order valence-corrected chi connectivity index (χ1v) is 11.3. The summed E-state index contributed by atoms with van der Waals surface area (Å²) in [6, 6.07) is 16.6. The predicted molar refractivity (Wildman–Crippen MR) is 128 cm³/mol. The SMILES string of the molecule is CCC(Sc1cccc(NC(=O)c2cccc([N+](=O)[O-])c2)c1)C(=O)Nc1ccccc1C(F)(F)F. The molecule has 2 N–H and O–H groups in total. The van der Waals surface area contributed by atoms with Crippen molar-refractivity contribution in [1.29, 1.82) is 0 Å². The average molecular weight is 504 g/mol. The monoisotopic (exact) mass is 503 g/mol. The Hall–Kier alpha value is -3.86. The van der Waals surface area contributed by atoms with Crippen LogP contribution in [0.1, 0.15) is 29.3 Å². The van der Waals surface area contributed by atoms with Gasteiger partial charge >= 0.3 is 6.18 Å². The van der Waals surface area contributed by atoms with E-state index in [0.29, 0.717) is 17.0 Å². The maximum atomic E-state index is 13.2. The van der Waals surface area contributed by atoms with Crippen LogP contribution in [0, 0.1) is 10.1 Å². The minimum absolute atomic E-state index is 0.103. The lowest BCUT2D eigenvalue weighted by Gasteiger charge is -2.18. The van der Waals surface area contributed by atoms with Crippen molar-refractivity contribution in [2.24, 2.45) is 0 Å². The number of amides is 2. The van der Waals surface area contributed by atoms with Gasteiger partial charge < -0.3 is 10.6 Å². The Morgan fingerprint density at radius 1 is 1.00 bits per heavy atom. The highest BCUT2D eigenvalue weighted by molar-refractivity contribution is 8.00. The second-order valence-corrected chi connectivity index (χ2v) is 8.61. The molecule has 35 heavy (non-hydrogen) atoms. The minimum atomic E-state index is -4.61. The molecule has 7 nitrogen and oxygen atoms in total. The van der Waals surface area contributed by atoms with Crippen LogP contribution in [0.25, 0.3) is 0 Å². The summed E-state index contributed by atoms with van der Waals surface area (Å²) < 4.78 is 39.7. The van der Waals surface area contributed by atoms with E-state index in [9.17, 15) is 32.9 Å². The molecule has 0 bridgehead atoms. The van der Waals surface area contributed by atoms with Crippen LogP contribution in [0.15, 0.2) is 77.7 Å². The Morgan fingerprint density at radius 2 is 1.71 bits per heavy atom. The fourth-order valence-corrected chi connectivity index (χ4v) is 4.16. The summed E-state index contributed by atoms with van der Waals surface area (Å²) in [5.74, 6) is -1.13. The average Bonchev–Trinajstić information content (AvgIpc) is 2.82. The lowest BCUT2D eigenvalue weighted by molar-refractivity contribution is -0.384. The third kappa shape index (κ3) is 6.82. The predicted octanol–water partition coefficient (Wildman–Crippen LogP) is 6.38. The number of hydrogen-bond donors (Lipinski definition) is 2. The van der Waals surface area contributed by atoms with Crippen molar-refractivity contribution in [3.63, 3.8) is 0 Å². The van der Waals surface area contributed by atoms with Crippen molar-refractivity contribution < 1.29 is 27.7 Å². The first-order valence-electron chi connectivity index (χ1n) is 10.4. The first-order chi connectivity index (χ1) is 16.6. The number of anilines is 2. The van der Waals surface area contributed by atoms with E-state index in [2.05, 4.69) is 10.6 Å². The molecule has 1 atom stereocenters. The molecule has 3 aromatic carbocycles. The molecule has 182 valence electrons. The highest BCUT2D eigenvalue weighted by Gasteiger charge is 2.34. The highest BCUT2D eigenvalue weighted by atomic mass is 32.2. The van der Waals surface area contributed by atoms with Crippen LogP contribution in [-0.4, -0.2) is 22.0 Å². The largest absolute Gasteiger partial charge is 0.418 e. The molecule has 0 aliphatic carbocycles. The Labute approximate surface area is 202 Å². The van der Waals surface area contributed by atoms with E-state index in [1.54, 1.807) is 31.2 Å². The molecule has 0 aromatic heterocycles. The van der Waals surface area contributed by atoms with Crippen LogP contribution in [-0.2, 0) is 11.0 Å². The third-order valence-electron chi connectivity index (χ3n) is 4.84. The fourth-order valence-electron chi connectivity index (χ4n) is 3.15. The molecule has 0 aliphatic rings. The molecule has 0 aliphatic heterocycles. The molecule has 0 radical (unpaired) electrons. The second kappa shape index (κ2) is 11.0. The van der Waals surface area contributed by atoms with Gasteiger partial charge in [0.15, 0.2) is 0 Å². The lowest BCUT2D eigenvalue weighted by atomic mass is 10.1. The molecule has 0 heterocycles. The molecule has 3 aromatic rings. The molecule has 0 saturated carbocycles. The quantitative estimate of drug-likeness (QED) is 0.211. The fraction of sp³-hybridized carbons (Fsp3) is 0.167. The van der Waals surface area contributed by atoms with Crippen LogP contribution in [0.3, 0.4) is 0 Å². The maximum Gasteiger partial charge on any atom is 0.418 e. The van der Waals surface area contributed by atoms with Gasteiger partial charge in [-0.2, -0.15) is 13.2 Å². The molecule has 11 heteroatoms. The van der Waals surface area contributed by atoms with Gasteiger partial charge in [-0.1, -0.05) is 31.2 Å². The van der Waals surface area contributed by atoms with Crippen molar-refractivity contribution in [2.75, 3.05) is 10.6 Å². The van der Waals surface area contributed by atoms with E-state index in [1.807, 2.05) is 0 Å². The number of carbonyl (C=O) groups excluding carboxylic acids is 2. The zero-order chi connectivity index (χ0) is 25.6. The van der Waals surface area contributed by atoms with Crippen LogP contribution in [0.2, 0.25) is 0 Å². The summed E-state index contributed by atoms with van der Waals surface area (Å²) in [5.41, 5.74) is -0.970. The molecule has 3 rings (SSSR count). The number of carbonyl (C=O) groups is 2. The van der Waals surface area contributed by atoms with E-state index in [0.717, 1.165) is 23.9 Å². The van der Waals surface area contributed by atoms with Crippen LogP contribution < -0.4 is 10.6 Å². The van der Waals surface area contributed by atoms with Gasteiger partial charge in [-0.3, -0.25) is 19.7 Å². The Kier molecular flexibility index (Phi) is 8.13.